The molecule has 21 heavy (non-hydrogen) atoms. The van der Waals surface area contributed by atoms with Crippen molar-refractivity contribution in [3.63, 3.8) is 0 Å². The van der Waals surface area contributed by atoms with Crippen LogP contribution in [0.15, 0.2) is 53.4 Å². The Bertz CT molecular complexity index is 697. The van der Waals surface area contributed by atoms with Crippen LogP contribution in [0.1, 0.15) is 11.1 Å². The summed E-state index contributed by atoms with van der Waals surface area (Å²) in [6, 6.07) is 13.8. The summed E-state index contributed by atoms with van der Waals surface area (Å²) in [4.78, 5) is 0.221. The minimum atomic E-state index is -3.54. The van der Waals surface area contributed by atoms with Crippen LogP contribution in [0.3, 0.4) is 0 Å². The number of sulfonamides is 1. The number of methoxy groups -OCH3 is 1. The van der Waals surface area contributed by atoms with Crippen molar-refractivity contribution in [2.75, 3.05) is 7.11 Å². The first-order valence-corrected chi connectivity index (χ1v) is 7.95. The molecule has 0 fully saturated rings. The second kappa shape index (κ2) is 6.71. The molecule has 2 rings (SSSR count). The van der Waals surface area contributed by atoms with Crippen LogP contribution >= 0.6 is 0 Å². The molecule has 112 valence electrons. The molecule has 0 spiro atoms. The fraction of sp³-hybridized carbons (Fsp3) is 0.200. The van der Waals surface area contributed by atoms with Crippen LogP contribution in [0.2, 0.25) is 0 Å². The Kier molecular flexibility index (Phi) is 4.95. The molecule has 0 atom stereocenters. The molecule has 0 saturated heterocycles. The van der Waals surface area contributed by atoms with Crippen molar-refractivity contribution in [1.29, 1.82) is 0 Å². The van der Waals surface area contributed by atoms with Gasteiger partial charge in [0.2, 0.25) is 10.0 Å². The molecule has 0 aliphatic rings. The van der Waals surface area contributed by atoms with Crippen LogP contribution < -0.4 is 15.2 Å². The SMILES string of the molecule is COc1ccc(CNS(=O)(=O)c2cccc(CN)c2)cc1. The van der Waals surface area contributed by atoms with Crippen LogP contribution in [0.5, 0.6) is 5.75 Å². The fourth-order valence-electron chi connectivity index (χ4n) is 1.84. The highest BCUT2D eigenvalue weighted by Crippen LogP contribution is 2.14. The Morgan fingerprint density at radius 1 is 1.10 bits per heavy atom. The largest absolute Gasteiger partial charge is 0.497 e. The number of rotatable bonds is 6. The van der Waals surface area contributed by atoms with Gasteiger partial charge in [-0.3, -0.25) is 0 Å². The van der Waals surface area contributed by atoms with E-state index in [1.165, 1.54) is 0 Å². The van der Waals surface area contributed by atoms with Gasteiger partial charge in [0, 0.05) is 13.1 Å². The van der Waals surface area contributed by atoms with Gasteiger partial charge in [-0.1, -0.05) is 24.3 Å². The van der Waals surface area contributed by atoms with E-state index in [1.54, 1.807) is 43.5 Å². The smallest absolute Gasteiger partial charge is 0.240 e. The van der Waals surface area contributed by atoms with E-state index in [0.717, 1.165) is 16.9 Å². The molecule has 0 amide bonds. The van der Waals surface area contributed by atoms with E-state index in [4.69, 9.17) is 10.5 Å². The molecule has 0 aliphatic carbocycles. The Hall–Kier alpha value is -1.89. The van der Waals surface area contributed by atoms with Gasteiger partial charge in [-0.05, 0) is 35.4 Å². The number of hydrogen-bond donors (Lipinski definition) is 2. The number of hydrogen-bond acceptors (Lipinski definition) is 4. The summed E-state index contributed by atoms with van der Waals surface area (Å²) in [6.07, 6.45) is 0. The van der Waals surface area contributed by atoms with Crippen LogP contribution in [0.4, 0.5) is 0 Å². The predicted octanol–water partition coefficient (Wildman–Crippen LogP) is 1.63. The molecular formula is C15H18N2O3S. The summed E-state index contributed by atoms with van der Waals surface area (Å²) in [5.41, 5.74) is 7.16. The average molecular weight is 306 g/mol. The summed E-state index contributed by atoms with van der Waals surface area (Å²) in [5.74, 6) is 0.734. The summed E-state index contributed by atoms with van der Waals surface area (Å²) in [7, 11) is -1.96. The van der Waals surface area contributed by atoms with E-state index in [0.29, 0.717) is 6.54 Å². The Balaban J connectivity index is 2.09. The predicted molar refractivity (Wildman–Crippen MR) is 81.4 cm³/mol. The van der Waals surface area contributed by atoms with Gasteiger partial charge in [0.1, 0.15) is 5.75 Å². The molecule has 0 aliphatic heterocycles. The lowest BCUT2D eigenvalue weighted by molar-refractivity contribution is 0.414. The van der Waals surface area contributed by atoms with Crippen molar-refractivity contribution >= 4 is 10.0 Å². The van der Waals surface area contributed by atoms with Gasteiger partial charge < -0.3 is 10.5 Å². The van der Waals surface area contributed by atoms with Gasteiger partial charge in [-0.2, -0.15) is 0 Å². The quantitative estimate of drug-likeness (QED) is 0.850. The minimum absolute atomic E-state index is 0.221. The van der Waals surface area contributed by atoms with E-state index in [-0.39, 0.29) is 11.4 Å². The summed E-state index contributed by atoms with van der Waals surface area (Å²) in [6.45, 7) is 0.529. The minimum Gasteiger partial charge on any atom is -0.497 e. The lowest BCUT2D eigenvalue weighted by Crippen LogP contribution is -2.23. The Labute approximate surface area is 124 Å². The third-order valence-corrected chi connectivity index (χ3v) is 4.47. The van der Waals surface area contributed by atoms with Gasteiger partial charge in [-0.25, -0.2) is 13.1 Å². The second-order valence-corrected chi connectivity index (χ2v) is 6.29. The summed E-state index contributed by atoms with van der Waals surface area (Å²) in [5, 5.41) is 0. The van der Waals surface area contributed by atoms with Crippen LogP contribution in [-0.2, 0) is 23.1 Å². The van der Waals surface area contributed by atoms with E-state index in [2.05, 4.69) is 4.72 Å². The normalized spacial score (nSPS) is 11.3. The molecular weight excluding hydrogens is 288 g/mol. The molecule has 5 nitrogen and oxygen atoms in total. The van der Waals surface area contributed by atoms with Crippen LogP contribution in [-0.4, -0.2) is 15.5 Å². The maximum absolute atomic E-state index is 12.2. The summed E-state index contributed by atoms with van der Waals surface area (Å²) < 4.78 is 32.1. The monoisotopic (exact) mass is 306 g/mol. The molecule has 2 aromatic rings. The number of benzene rings is 2. The molecule has 6 heteroatoms. The standard InChI is InChI=1S/C15H18N2O3S/c1-20-14-7-5-12(6-8-14)11-17-21(18,19)15-4-2-3-13(9-15)10-16/h2-9,17H,10-11,16H2,1H3. The number of ether oxygens (including phenoxy) is 1. The van der Waals surface area contributed by atoms with Crippen molar-refractivity contribution in [3.05, 3.63) is 59.7 Å². The van der Waals surface area contributed by atoms with Crippen LogP contribution in [0, 0.1) is 0 Å². The van der Waals surface area contributed by atoms with Gasteiger partial charge >= 0.3 is 0 Å². The first-order chi connectivity index (χ1) is 10.0. The van der Waals surface area contributed by atoms with E-state index < -0.39 is 10.0 Å². The molecule has 0 radical (unpaired) electrons. The highest BCUT2D eigenvalue weighted by Gasteiger charge is 2.13. The summed E-state index contributed by atoms with van der Waals surface area (Å²) >= 11 is 0. The first-order valence-electron chi connectivity index (χ1n) is 6.47. The molecule has 3 N–H and O–H groups in total. The molecule has 2 aromatic carbocycles. The highest BCUT2D eigenvalue weighted by molar-refractivity contribution is 7.89. The molecule has 0 heterocycles. The lowest BCUT2D eigenvalue weighted by Gasteiger charge is -2.08. The Morgan fingerprint density at radius 2 is 1.81 bits per heavy atom. The van der Waals surface area contributed by atoms with Crippen molar-refractivity contribution in [2.45, 2.75) is 18.0 Å². The van der Waals surface area contributed by atoms with Crippen molar-refractivity contribution in [2.24, 2.45) is 5.73 Å². The van der Waals surface area contributed by atoms with E-state index >= 15 is 0 Å². The highest BCUT2D eigenvalue weighted by atomic mass is 32.2. The molecule has 0 saturated carbocycles. The van der Waals surface area contributed by atoms with Crippen molar-refractivity contribution < 1.29 is 13.2 Å². The van der Waals surface area contributed by atoms with E-state index in [9.17, 15) is 8.42 Å². The van der Waals surface area contributed by atoms with Crippen LogP contribution in [0.25, 0.3) is 0 Å². The van der Waals surface area contributed by atoms with Gasteiger partial charge in [0.05, 0.1) is 12.0 Å². The molecule has 0 bridgehead atoms. The van der Waals surface area contributed by atoms with Gasteiger partial charge in [-0.15, -0.1) is 0 Å². The maximum atomic E-state index is 12.2. The number of nitrogens with one attached hydrogen (secondary N) is 1. The van der Waals surface area contributed by atoms with Crippen molar-refractivity contribution in [3.8, 4) is 5.75 Å². The lowest BCUT2D eigenvalue weighted by atomic mass is 10.2. The average Bonchev–Trinajstić information content (AvgIpc) is 2.53. The third kappa shape index (κ3) is 4.04. The third-order valence-electron chi connectivity index (χ3n) is 3.07. The zero-order valence-electron chi connectivity index (χ0n) is 11.7. The fourth-order valence-corrected chi connectivity index (χ4v) is 2.93. The number of nitrogens with two attached hydrogens (primary N) is 1. The maximum Gasteiger partial charge on any atom is 0.240 e. The van der Waals surface area contributed by atoms with Gasteiger partial charge in [0.15, 0.2) is 0 Å². The zero-order valence-corrected chi connectivity index (χ0v) is 12.6. The van der Waals surface area contributed by atoms with Crippen molar-refractivity contribution in [1.82, 2.24) is 4.72 Å². The van der Waals surface area contributed by atoms with Gasteiger partial charge in [0.25, 0.3) is 0 Å². The van der Waals surface area contributed by atoms with E-state index in [1.807, 2.05) is 12.1 Å². The molecule has 0 aromatic heterocycles. The Morgan fingerprint density at radius 3 is 2.43 bits per heavy atom. The topological polar surface area (TPSA) is 81.4 Å². The molecule has 0 unspecified atom stereocenters. The second-order valence-electron chi connectivity index (χ2n) is 4.52. The zero-order chi connectivity index (χ0) is 15.3. The first kappa shape index (κ1) is 15.5.